The fraction of sp³-hybridized carbons (Fsp3) is 0.222. The minimum absolute atomic E-state index is 0.420. The van der Waals surface area contributed by atoms with Crippen LogP contribution in [0.15, 0.2) is 36.5 Å². The molecule has 0 saturated carbocycles. The SMILES string of the molecule is C=C[C@H]1C=CC(C=O)=CC1. The molecule has 1 atom stereocenters. The molecular formula is C9H10O. The summed E-state index contributed by atoms with van der Waals surface area (Å²) in [6, 6.07) is 0. The van der Waals surface area contributed by atoms with Crippen LogP contribution < -0.4 is 0 Å². The lowest BCUT2D eigenvalue weighted by molar-refractivity contribution is -0.104. The Labute approximate surface area is 60.7 Å². The Hall–Kier alpha value is -1.11. The molecule has 1 aliphatic carbocycles. The summed E-state index contributed by atoms with van der Waals surface area (Å²) >= 11 is 0. The van der Waals surface area contributed by atoms with Crippen LogP contribution in [0.5, 0.6) is 0 Å². The monoisotopic (exact) mass is 134 g/mol. The third kappa shape index (κ3) is 1.44. The summed E-state index contributed by atoms with van der Waals surface area (Å²) in [5.41, 5.74) is 0.776. The minimum atomic E-state index is 0.420. The number of carbonyl (C=O) groups excluding carboxylic acids is 1. The van der Waals surface area contributed by atoms with Gasteiger partial charge in [0.25, 0.3) is 0 Å². The highest BCUT2D eigenvalue weighted by Gasteiger charge is 2.02. The number of hydrogen-bond acceptors (Lipinski definition) is 1. The summed E-state index contributed by atoms with van der Waals surface area (Å²) in [6.07, 6.45) is 9.43. The van der Waals surface area contributed by atoms with Gasteiger partial charge in [-0.2, -0.15) is 0 Å². The predicted molar refractivity (Wildman–Crippen MR) is 41.6 cm³/mol. The van der Waals surface area contributed by atoms with Gasteiger partial charge in [0.1, 0.15) is 6.29 Å². The van der Waals surface area contributed by atoms with E-state index in [9.17, 15) is 4.79 Å². The normalized spacial score (nSPS) is 23.6. The minimum Gasteiger partial charge on any atom is -0.298 e. The van der Waals surface area contributed by atoms with Gasteiger partial charge >= 0.3 is 0 Å². The summed E-state index contributed by atoms with van der Waals surface area (Å²) in [7, 11) is 0. The molecule has 1 nitrogen and oxygen atoms in total. The van der Waals surface area contributed by atoms with E-state index in [-0.39, 0.29) is 0 Å². The first kappa shape index (κ1) is 7.00. The van der Waals surface area contributed by atoms with Crippen LogP contribution in [0.25, 0.3) is 0 Å². The van der Waals surface area contributed by atoms with E-state index in [4.69, 9.17) is 0 Å². The molecule has 1 aliphatic rings. The molecule has 10 heavy (non-hydrogen) atoms. The Bertz CT molecular complexity index is 199. The van der Waals surface area contributed by atoms with Gasteiger partial charge in [0.05, 0.1) is 0 Å². The van der Waals surface area contributed by atoms with E-state index in [1.54, 1.807) is 0 Å². The van der Waals surface area contributed by atoms with E-state index in [0.29, 0.717) is 5.92 Å². The fourth-order valence-corrected chi connectivity index (χ4v) is 0.916. The summed E-state index contributed by atoms with van der Waals surface area (Å²) in [5.74, 6) is 0.420. The molecule has 0 amide bonds. The zero-order chi connectivity index (χ0) is 7.40. The zero-order valence-corrected chi connectivity index (χ0v) is 5.79. The van der Waals surface area contributed by atoms with Crippen molar-refractivity contribution in [3.05, 3.63) is 36.5 Å². The van der Waals surface area contributed by atoms with Gasteiger partial charge in [0, 0.05) is 5.57 Å². The third-order valence-electron chi connectivity index (χ3n) is 1.60. The van der Waals surface area contributed by atoms with Crippen LogP contribution in [-0.4, -0.2) is 6.29 Å². The number of carbonyl (C=O) groups is 1. The lowest BCUT2D eigenvalue weighted by atomic mass is 9.98. The second-order valence-corrected chi connectivity index (χ2v) is 2.32. The summed E-state index contributed by atoms with van der Waals surface area (Å²) in [5, 5.41) is 0. The highest BCUT2D eigenvalue weighted by molar-refractivity contribution is 5.77. The highest BCUT2D eigenvalue weighted by Crippen LogP contribution is 2.15. The molecule has 0 unspecified atom stereocenters. The molecule has 0 aromatic carbocycles. The molecule has 0 spiro atoms. The molecular weight excluding hydrogens is 124 g/mol. The van der Waals surface area contributed by atoms with Gasteiger partial charge in [0.15, 0.2) is 0 Å². The van der Waals surface area contributed by atoms with Crippen molar-refractivity contribution in [3.8, 4) is 0 Å². The van der Waals surface area contributed by atoms with Crippen LogP contribution in [0.2, 0.25) is 0 Å². The van der Waals surface area contributed by atoms with Gasteiger partial charge in [0.2, 0.25) is 0 Å². The van der Waals surface area contributed by atoms with Gasteiger partial charge in [-0.05, 0) is 12.3 Å². The average molecular weight is 134 g/mol. The van der Waals surface area contributed by atoms with Gasteiger partial charge in [-0.1, -0.05) is 24.3 Å². The topological polar surface area (TPSA) is 17.1 Å². The largest absolute Gasteiger partial charge is 0.298 e. The number of aldehydes is 1. The lowest BCUT2D eigenvalue weighted by Crippen LogP contribution is -1.95. The van der Waals surface area contributed by atoms with Crippen molar-refractivity contribution in [1.29, 1.82) is 0 Å². The van der Waals surface area contributed by atoms with Crippen molar-refractivity contribution < 1.29 is 4.79 Å². The molecule has 1 rings (SSSR count). The van der Waals surface area contributed by atoms with Crippen molar-refractivity contribution in [2.45, 2.75) is 6.42 Å². The lowest BCUT2D eigenvalue weighted by Gasteiger charge is -2.07. The molecule has 0 aromatic heterocycles. The van der Waals surface area contributed by atoms with E-state index in [2.05, 4.69) is 6.58 Å². The first-order valence-corrected chi connectivity index (χ1v) is 3.33. The number of rotatable bonds is 2. The van der Waals surface area contributed by atoms with E-state index >= 15 is 0 Å². The van der Waals surface area contributed by atoms with Crippen molar-refractivity contribution in [1.82, 2.24) is 0 Å². The first-order chi connectivity index (χ1) is 4.86. The molecule has 0 heterocycles. The zero-order valence-electron chi connectivity index (χ0n) is 5.79. The van der Waals surface area contributed by atoms with Crippen LogP contribution in [-0.2, 0) is 4.79 Å². The van der Waals surface area contributed by atoms with Crippen molar-refractivity contribution in [3.63, 3.8) is 0 Å². The Kier molecular flexibility index (Phi) is 2.21. The number of hydrogen-bond donors (Lipinski definition) is 0. The van der Waals surface area contributed by atoms with Gasteiger partial charge in [-0.25, -0.2) is 0 Å². The maximum Gasteiger partial charge on any atom is 0.149 e. The molecule has 1 heteroatoms. The molecule has 0 bridgehead atoms. The number of allylic oxidation sites excluding steroid dienone is 5. The van der Waals surface area contributed by atoms with Crippen LogP contribution in [0.4, 0.5) is 0 Å². The first-order valence-electron chi connectivity index (χ1n) is 3.33. The Balaban J connectivity index is 2.62. The molecule has 0 radical (unpaired) electrons. The van der Waals surface area contributed by atoms with E-state index in [1.807, 2.05) is 24.3 Å². The molecule has 52 valence electrons. The molecule has 0 fully saturated rings. The van der Waals surface area contributed by atoms with Gasteiger partial charge < -0.3 is 0 Å². The highest BCUT2D eigenvalue weighted by atomic mass is 16.1. The molecule has 0 aliphatic heterocycles. The van der Waals surface area contributed by atoms with E-state index in [1.165, 1.54) is 0 Å². The van der Waals surface area contributed by atoms with Crippen molar-refractivity contribution in [2.24, 2.45) is 5.92 Å². The summed E-state index contributed by atoms with van der Waals surface area (Å²) in [4.78, 5) is 10.2. The quantitative estimate of drug-likeness (QED) is 0.416. The molecule has 0 saturated heterocycles. The van der Waals surface area contributed by atoms with E-state index < -0.39 is 0 Å². The standard InChI is InChI=1S/C9H10O/c1-2-8-3-5-9(7-10)6-4-8/h2-3,5-8H,1,4H2/t8-/m0/s1. The van der Waals surface area contributed by atoms with Crippen LogP contribution in [0.3, 0.4) is 0 Å². The van der Waals surface area contributed by atoms with Gasteiger partial charge in [-0.3, -0.25) is 4.79 Å². The Morgan fingerprint density at radius 1 is 1.70 bits per heavy atom. The third-order valence-corrected chi connectivity index (χ3v) is 1.60. The van der Waals surface area contributed by atoms with Crippen molar-refractivity contribution in [2.75, 3.05) is 0 Å². The van der Waals surface area contributed by atoms with E-state index in [0.717, 1.165) is 18.3 Å². The van der Waals surface area contributed by atoms with Crippen LogP contribution in [0.1, 0.15) is 6.42 Å². The second-order valence-electron chi connectivity index (χ2n) is 2.32. The maximum atomic E-state index is 10.2. The fourth-order valence-electron chi connectivity index (χ4n) is 0.916. The predicted octanol–water partition coefficient (Wildman–Crippen LogP) is 1.87. The smallest absolute Gasteiger partial charge is 0.149 e. The second kappa shape index (κ2) is 3.16. The average Bonchev–Trinajstić information content (AvgIpc) is 2.05. The van der Waals surface area contributed by atoms with Crippen LogP contribution >= 0.6 is 0 Å². The van der Waals surface area contributed by atoms with Crippen LogP contribution in [0, 0.1) is 5.92 Å². The Morgan fingerprint density at radius 2 is 2.50 bits per heavy atom. The maximum absolute atomic E-state index is 10.2. The summed E-state index contributed by atoms with van der Waals surface area (Å²) in [6.45, 7) is 3.67. The summed E-state index contributed by atoms with van der Waals surface area (Å²) < 4.78 is 0. The van der Waals surface area contributed by atoms with Gasteiger partial charge in [-0.15, -0.1) is 6.58 Å². The van der Waals surface area contributed by atoms with Crippen molar-refractivity contribution >= 4 is 6.29 Å². The Morgan fingerprint density at radius 3 is 2.90 bits per heavy atom. The molecule has 0 N–H and O–H groups in total. The molecule has 0 aromatic rings.